The van der Waals surface area contributed by atoms with Gasteiger partial charge in [0, 0.05) is 42.5 Å². The van der Waals surface area contributed by atoms with Gasteiger partial charge in [-0.1, -0.05) is 18.2 Å². The van der Waals surface area contributed by atoms with Crippen molar-refractivity contribution < 1.29 is 19.0 Å². The fourth-order valence-corrected chi connectivity index (χ4v) is 7.10. The largest absolute Gasteiger partial charge is 0.497 e. The molecule has 11 heteroatoms. The van der Waals surface area contributed by atoms with Gasteiger partial charge in [-0.15, -0.1) is 22.7 Å². The van der Waals surface area contributed by atoms with Crippen LogP contribution in [0.2, 0.25) is 0 Å². The number of amides is 1. The first-order valence-corrected chi connectivity index (χ1v) is 15.6. The first-order chi connectivity index (χ1) is 20.6. The summed E-state index contributed by atoms with van der Waals surface area (Å²) in [6.07, 6.45) is 0.824. The monoisotopic (exact) mass is 603 g/mol. The van der Waals surface area contributed by atoms with Crippen LogP contribution in [0.3, 0.4) is 0 Å². The van der Waals surface area contributed by atoms with E-state index < -0.39 is 0 Å². The summed E-state index contributed by atoms with van der Waals surface area (Å²) < 4.78 is 18.5. The lowest BCUT2D eigenvalue weighted by atomic mass is 10.1. The van der Waals surface area contributed by atoms with Crippen LogP contribution in [-0.4, -0.2) is 79.2 Å². The van der Waals surface area contributed by atoms with Crippen molar-refractivity contribution >= 4 is 43.9 Å². The predicted molar refractivity (Wildman–Crippen MR) is 168 cm³/mol. The number of carbonyl (C=O) groups is 1. The summed E-state index contributed by atoms with van der Waals surface area (Å²) in [5.74, 6) is 1.35. The molecule has 42 heavy (non-hydrogen) atoms. The maximum Gasteiger partial charge on any atom is 0.270 e. The maximum atomic E-state index is 14.2. The van der Waals surface area contributed by atoms with Gasteiger partial charge >= 0.3 is 0 Å². The van der Waals surface area contributed by atoms with Crippen LogP contribution in [0.4, 0.5) is 5.13 Å². The molecule has 4 heterocycles. The van der Waals surface area contributed by atoms with Crippen LogP contribution in [0.25, 0.3) is 27.2 Å². The molecular weight excluding hydrogens is 571 g/mol. The van der Waals surface area contributed by atoms with E-state index in [9.17, 15) is 4.79 Å². The van der Waals surface area contributed by atoms with E-state index in [2.05, 4.69) is 4.90 Å². The summed E-state index contributed by atoms with van der Waals surface area (Å²) in [6.45, 7) is 6.76. The molecule has 0 radical (unpaired) electrons. The molecule has 1 saturated heterocycles. The Morgan fingerprint density at radius 1 is 1.07 bits per heavy atom. The summed E-state index contributed by atoms with van der Waals surface area (Å²) in [4.78, 5) is 25.0. The van der Waals surface area contributed by atoms with E-state index in [1.165, 1.54) is 22.7 Å². The van der Waals surface area contributed by atoms with Crippen LogP contribution in [-0.2, 0) is 4.74 Å². The SMILES string of the molecule is COc1ccc(OC)c(-c2csc(N(CCCN3CCOCC3)C(=O)c3cc4c(C)nn(-c5ccccc5)c4s3)n2)c1. The van der Waals surface area contributed by atoms with Gasteiger partial charge in [-0.3, -0.25) is 14.6 Å². The molecule has 0 N–H and O–H groups in total. The van der Waals surface area contributed by atoms with Crippen LogP contribution in [0.15, 0.2) is 60.0 Å². The molecule has 2 aromatic carbocycles. The third-order valence-electron chi connectivity index (χ3n) is 7.37. The van der Waals surface area contributed by atoms with Crippen molar-refractivity contribution in [3.05, 3.63) is 70.5 Å². The molecule has 1 amide bonds. The van der Waals surface area contributed by atoms with E-state index in [-0.39, 0.29) is 5.91 Å². The minimum absolute atomic E-state index is 0.0595. The number of morpholine rings is 1. The third kappa shape index (κ3) is 5.78. The molecule has 1 fully saturated rings. The number of thiophene rings is 1. The van der Waals surface area contributed by atoms with Gasteiger partial charge in [0.2, 0.25) is 0 Å². The van der Waals surface area contributed by atoms with Crippen LogP contribution < -0.4 is 14.4 Å². The first kappa shape index (κ1) is 28.4. The number of aromatic nitrogens is 3. The Bertz CT molecular complexity index is 1670. The lowest BCUT2D eigenvalue weighted by Crippen LogP contribution is -2.39. The number of benzene rings is 2. The number of hydrogen-bond donors (Lipinski definition) is 0. The second-order valence-electron chi connectivity index (χ2n) is 10.0. The molecule has 1 aliphatic heterocycles. The number of anilines is 1. The number of para-hydroxylation sites is 1. The molecule has 0 saturated carbocycles. The number of aryl methyl sites for hydroxylation is 1. The molecule has 0 atom stereocenters. The van der Waals surface area contributed by atoms with Crippen LogP contribution in [0.5, 0.6) is 11.5 Å². The fraction of sp³-hybridized carbons (Fsp3) is 0.323. The van der Waals surface area contributed by atoms with Crippen LogP contribution >= 0.6 is 22.7 Å². The second kappa shape index (κ2) is 12.6. The van der Waals surface area contributed by atoms with Crippen molar-refractivity contribution in [3.63, 3.8) is 0 Å². The zero-order valence-corrected chi connectivity index (χ0v) is 25.5. The highest BCUT2D eigenvalue weighted by Crippen LogP contribution is 2.37. The molecule has 0 unspecified atom stereocenters. The third-order valence-corrected chi connectivity index (χ3v) is 9.33. The lowest BCUT2D eigenvalue weighted by molar-refractivity contribution is 0.0376. The number of nitrogens with zero attached hydrogens (tertiary/aromatic N) is 5. The van der Waals surface area contributed by atoms with E-state index >= 15 is 0 Å². The minimum Gasteiger partial charge on any atom is -0.497 e. The molecule has 0 spiro atoms. The van der Waals surface area contributed by atoms with Crippen molar-refractivity contribution in [3.8, 4) is 28.4 Å². The Kier molecular flexibility index (Phi) is 8.52. The van der Waals surface area contributed by atoms with Crippen LogP contribution in [0, 0.1) is 6.92 Å². The molecule has 5 aromatic rings. The highest BCUT2D eigenvalue weighted by Gasteiger charge is 2.26. The van der Waals surface area contributed by atoms with Gasteiger partial charge in [-0.2, -0.15) is 5.10 Å². The molecule has 0 aliphatic carbocycles. The van der Waals surface area contributed by atoms with E-state index in [0.29, 0.717) is 28.1 Å². The molecule has 6 rings (SSSR count). The van der Waals surface area contributed by atoms with Crippen LogP contribution in [0.1, 0.15) is 21.8 Å². The van der Waals surface area contributed by atoms with Gasteiger partial charge in [-0.05, 0) is 49.7 Å². The Hall–Kier alpha value is -3.77. The van der Waals surface area contributed by atoms with Crippen molar-refractivity contribution in [1.82, 2.24) is 19.7 Å². The molecule has 218 valence electrons. The zero-order valence-electron chi connectivity index (χ0n) is 23.9. The second-order valence-corrected chi connectivity index (χ2v) is 11.9. The normalized spacial score (nSPS) is 13.9. The minimum atomic E-state index is -0.0595. The van der Waals surface area contributed by atoms with Gasteiger partial charge in [0.15, 0.2) is 5.13 Å². The highest BCUT2D eigenvalue weighted by molar-refractivity contribution is 7.20. The number of methoxy groups -OCH3 is 2. The van der Waals surface area contributed by atoms with E-state index in [1.54, 1.807) is 14.2 Å². The summed E-state index contributed by atoms with van der Waals surface area (Å²) in [5.41, 5.74) is 3.42. The Balaban J connectivity index is 1.33. The van der Waals surface area contributed by atoms with Gasteiger partial charge < -0.3 is 14.2 Å². The van der Waals surface area contributed by atoms with E-state index in [0.717, 1.165) is 72.1 Å². The average Bonchev–Trinajstić information content (AvgIpc) is 3.77. The van der Waals surface area contributed by atoms with E-state index in [4.69, 9.17) is 24.3 Å². The number of fused-ring (bicyclic) bond motifs is 1. The molecular formula is C31H33N5O4S2. The van der Waals surface area contributed by atoms with Gasteiger partial charge in [0.25, 0.3) is 5.91 Å². The molecule has 9 nitrogen and oxygen atoms in total. The van der Waals surface area contributed by atoms with Crippen molar-refractivity contribution in [2.75, 3.05) is 58.5 Å². The summed E-state index contributed by atoms with van der Waals surface area (Å²) in [5, 5.41) is 8.36. The van der Waals surface area contributed by atoms with Crippen molar-refractivity contribution in [2.45, 2.75) is 13.3 Å². The highest BCUT2D eigenvalue weighted by atomic mass is 32.1. The quantitative estimate of drug-likeness (QED) is 0.196. The molecule has 0 bridgehead atoms. The number of thiazole rings is 1. The smallest absolute Gasteiger partial charge is 0.270 e. The van der Waals surface area contributed by atoms with Gasteiger partial charge in [-0.25, -0.2) is 9.67 Å². The standard InChI is InChI=1S/C31H33N5O4S2/c1-21-24-19-28(42-30(24)36(33-21)22-8-5-4-6-9-22)29(37)35(13-7-12-34-14-16-40-17-15-34)31-32-26(20-41-31)25-18-23(38-2)10-11-27(25)39-3/h4-6,8-11,18-20H,7,12-17H2,1-3H3. The number of ether oxygens (including phenoxy) is 3. The summed E-state index contributed by atoms with van der Waals surface area (Å²) in [7, 11) is 3.27. The summed E-state index contributed by atoms with van der Waals surface area (Å²) in [6, 6.07) is 17.6. The average molecular weight is 604 g/mol. The summed E-state index contributed by atoms with van der Waals surface area (Å²) >= 11 is 2.93. The molecule has 3 aromatic heterocycles. The fourth-order valence-electron chi connectivity index (χ4n) is 5.12. The zero-order chi connectivity index (χ0) is 29.1. The van der Waals surface area contributed by atoms with Gasteiger partial charge in [0.1, 0.15) is 16.3 Å². The Morgan fingerprint density at radius 2 is 1.88 bits per heavy atom. The lowest BCUT2D eigenvalue weighted by Gasteiger charge is -2.27. The van der Waals surface area contributed by atoms with E-state index in [1.807, 2.05) is 76.5 Å². The molecule has 1 aliphatic rings. The predicted octanol–water partition coefficient (Wildman–Crippen LogP) is 5.91. The Morgan fingerprint density at radius 3 is 2.64 bits per heavy atom. The topological polar surface area (TPSA) is 82.0 Å². The number of hydrogen-bond acceptors (Lipinski definition) is 9. The first-order valence-electron chi connectivity index (χ1n) is 13.9. The number of carbonyl (C=O) groups excluding carboxylic acids is 1. The Labute approximate surface area is 252 Å². The maximum absolute atomic E-state index is 14.2. The van der Waals surface area contributed by atoms with Gasteiger partial charge in [0.05, 0.1) is 49.4 Å². The van der Waals surface area contributed by atoms with Crippen molar-refractivity contribution in [1.29, 1.82) is 0 Å². The number of rotatable bonds is 10. The van der Waals surface area contributed by atoms with Crippen molar-refractivity contribution in [2.24, 2.45) is 0 Å².